The second kappa shape index (κ2) is 8.38. The van der Waals surface area contributed by atoms with Gasteiger partial charge in [-0.05, 0) is 57.2 Å². The molecule has 2 aliphatic rings. The standard InChI is InChI=1S/C23H31FN4O2/c1-14-7-8-20(24)19-12-21(26-22(14)19)23(30)25-17-5-4-6-18(11-17)27-9-10-28(16(3)29)15(2)13-27/h7-8,12,15,17-18,26H,4-6,9-11,13H2,1-3H3,(H,25,30)/t15?,17-,18+/m1/s1. The van der Waals surface area contributed by atoms with E-state index in [0.717, 1.165) is 50.9 Å². The minimum Gasteiger partial charge on any atom is -0.350 e. The Balaban J connectivity index is 1.40. The molecule has 3 atom stereocenters. The second-order valence-electron chi connectivity index (χ2n) is 8.88. The first kappa shape index (κ1) is 20.8. The first-order valence-corrected chi connectivity index (χ1v) is 10.9. The number of amides is 2. The molecule has 2 aromatic rings. The molecule has 4 rings (SSSR count). The van der Waals surface area contributed by atoms with Gasteiger partial charge in [-0.25, -0.2) is 4.39 Å². The molecule has 2 amide bonds. The number of nitrogens with zero attached hydrogens (tertiary/aromatic N) is 2. The molecule has 1 unspecified atom stereocenters. The Morgan fingerprint density at radius 2 is 2.03 bits per heavy atom. The maximum atomic E-state index is 14.1. The van der Waals surface area contributed by atoms with Crippen molar-refractivity contribution < 1.29 is 14.0 Å². The summed E-state index contributed by atoms with van der Waals surface area (Å²) in [6.45, 7) is 8.17. The second-order valence-corrected chi connectivity index (χ2v) is 8.88. The number of aromatic amines is 1. The largest absolute Gasteiger partial charge is 0.350 e. The number of halogens is 1. The summed E-state index contributed by atoms with van der Waals surface area (Å²) in [5.74, 6) is -0.353. The van der Waals surface area contributed by atoms with Crippen molar-refractivity contribution in [3.8, 4) is 0 Å². The van der Waals surface area contributed by atoms with Crippen LogP contribution in [-0.4, -0.2) is 64.4 Å². The van der Waals surface area contributed by atoms with Gasteiger partial charge in [-0.1, -0.05) is 6.07 Å². The first-order valence-electron chi connectivity index (χ1n) is 10.9. The lowest BCUT2D eigenvalue weighted by atomic mass is 9.89. The molecule has 162 valence electrons. The lowest BCUT2D eigenvalue weighted by Crippen LogP contribution is -2.57. The first-order chi connectivity index (χ1) is 14.3. The lowest BCUT2D eigenvalue weighted by molar-refractivity contribution is -0.133. The van der Waals surface area contributed by atoms with Crippen LogP contribution in [0.25, 0.3) is 10.9 Å². The van der Waals surface area contributed by atoms with Crippen LogP contribution in [0.4, 0.5) is 4.39 Å². The van der Waals surface area contributed by atoms with Gasteiger partial charge in [0.1, 0.15) is 11.5 Å². The van der Waals surface area contributed by atoms with Crippen molar-refractivity contribution >= 4 is 22.7 Å². The van der Waals surface area contributed by atoms with Crippen LogP contribution in [0.5, 0.6) is 0 Å². The van der Waals surface area contributed by atoms with E-state index in [1.807, 2.05) is 11.8 Å². The molecule has 1 aromatic heterocycles. The summed E-state index contributed by atoms with van der Waals surface area (Å²) in [4.78, 5) is 32.1. The predicted molar refractivity (Wildman–Crippen MR) is 115 cm³/mol. The number of aromatic nitrogens is 1. The monoisotopic (exact) mass is 414 g/mol. The number of piperazine rings is 1. The maximum absolute atomic E-state index is 14.1. The summed E-state index contributed by atoms with van der Waals surface area (Å²) in [5.41, 5.74) is 2.00. The highest BCUT2D eigenvalue weighted by Gasteiger charge is 2.33. The molecule has 1 saturated heterocycles. The predicted octanol–water partition coefficient (Wildman–Crippen LogP) is 3.21. The molecule has 7 heteroatoms. The van der Waals surface area contributed by atoms with Crippen LogP contribution in [0.2, 0.25) is 0 Å². The third-order valence-corrected chi connectivity index (χ3v) is 6.76. The van der Waals surface area contributed by atoms with E-state index >= 15 is 0 Å². The smallest absolute Gasteiger partial charge is 0.267 e. The van der Waals surface area contributed by atoms with Crippen molar-refractivity contribution in [2.75, 3.05) is 19.6 Å². The highest BCUT2D eigenvalue weighted by molar-refractivity contribution is 5.99. The van der Waals surface area contributed by atoms with E-state index < -0.39 is 0 Å². The molecule has 1 aliphatic carbocycles. The summed E-state index contributed by atoms with van der Waals surface area (Å²) in [6, 6.07) is 5.50. The van der Waals surface area contributed by atoms with Crippen LogP contribution in [0.3, 0.4) is 0 Å². The molecular formula is C23H31FN4O2. The number of nitrogens with one attached hydrogen (secondary N) is 2. The molecule has 0 spiro atoms. The van der Waals surface area contributed by atoms with Crippen molar-refractivity contribution in [1.29, 1.82) is 0 Å². The topological polar surface area (TPSA) is 68.4 Å². The lowest BCUT2D eigenvalue weighted by Gasteiger charge is -2.45. The van der Waals surface area contributed by atoms with Crippen molar-refractivity contribution in [3.05, 3.63) is 35.3 Å². The van der Waals surface area contributed by atoms with Crippen LogP contribution < -0.4 is 5.32 Å². The van der Waals surface area contributed by atoms with Gasteiger partial charge in [0.15, 0.2) is 0 Å². The maximum Gasteiger partial charge on any atom is 0.267 e. The summed E-state index contributed by atoms with van der Waals surface area (Å²) >= 11 is 0. The van der Waals surface area contributed by atoms with Gasteiger partial charge in [0.25, 0.3) is 5.91 Å². The summed E-state index contributed by atoms with van der Waals surface area (Å²) in [6.07, 6.45) is 4.05. The van der Waals surface area contributed by atoms with Crippen LogP contribution >= 0.6 is 0 Å². The van der Waals surface area contributed by atoms with E-state index in [2.05, 4.69) is 22.1 Å². The number of carbonyl (C=O) groups excluding carboxylic acids is 2. The molecule has 1 aromatic carbocycles. The Kier molecular flexibility index (Phi) is 5.82. The molecular weight excluding hydrogens is 383 g/mol. The molecule has 1 saturated carbocycles. The third kappa shape index (κ3) is 4.08. The fraction of sp³-hybridized carbons (Fsp3) is 0.565. The quantitative estimate of drug-likeness (QED) is 0.810. The van der Waals surface area contributed by atoms with Gasteiger partial charge >= 0.3 is 0 Å². The summed E-state index contributed by atoms with van der Waals surface area (Å²) < 4.78 is 14.1. The SMILES string of the molecule is CC(=O)N1CCN([C@H]2CCC[C@@H](NC(=O)c3cc4c(F)ccc(C)c4[nH]3)C2)CC1C. The van der Waals surface area contributed by atoms with Gasteiger partial charge in [-0.15, -0.1) is 0 Å². The summed E-state index contributed by atoms with van der Waals surface area (Å²) in [5, 5.41) is 3.62. The van der Waals surface area contributed by atoms with Gasteiger partial charge in [0.2, 0.25) is 5.91 Å². The molecule has 1 aliphatic heterocycles. The average molecular weight is 415 g/mol. The number of fused-ring (bicyclic) bond motifs is 1. The normalized spacial score (nSPS) is 25.5. The van der Waals surface area contributed by atoms with Gasteiger partial charge in [-0.2, -0.15) is 0 Å². The highest BCUT2D eigenvalue weighted by atomic mass is 19.1. The van der Waals surface area contributed by atoms with Gasteiger partial charge < -0.3 is 15.2 Å². The van der Waals surface area contributed by atoms with Crippen LogP contribution in [-0.2, 0) is 4.79 Å². The van der Waals surface area contributed by atoms with Gasteiger partial charge in [0.05, 0.1) is 5.52 Å². The molecule has 0 radical (unpaired) electrons. The highest BCUT2D eigenvalue weighted by Crippen LogP contribution is 2.27. The fourth-order valence-electron chi connectivity index (χ4n) is 5.12. The van der Waals surface area contributed by atoms with E-state index in [4.69, 9.17) is 0 Å². The number of aryl methyl sites for hydroxylation is 1. The Hall–Kier alpha value is -2.41. The zero-order valence-electron chi connectivity index (χ0n) is 18.0. The molecule has 2 heterocycles. The molecule has 30 heavy (non-hydrogen) atoms. The van der Waals surface area contributed by atoms with Gasteiger partial charge in [0, 0.05) is 50.1 Å². The Morgan fingerprint density at radius 3 is 2.73 bits per heavy atom. The van der Waals surface area contributed by atoms with Crippen molar-refractivity contribution in [3.63, 3.8) is 0 Å². The van der Waals surface area contributed by atoms with E-state index in [1.165, 1.54) is 6.07 Å². The van der Waals surface area contributed by atoms with E-state index in [-0.39, 0.29) is 29.7 Å². The Morgan fingerprint density at radius 1 is 1.23 bits per heavy atom. The number of rotatable bonds is 3. The average Bonchev–Trinajstić information content (AvgIpc) is 3.18. The van der Waals surface area contributed by atoms with Crippen LogP contribution in [0.1, 0.15) is 55.6 Å². The Labute approximate surface area is 176 Å². The van der Waals surface area contributed by atoms with Crippen molar-refractivity contribution in [2.45, 2.75) is 64.6 Å². The molecule has 2 fully saturated rings. The van der Waals surface area contributed by atoms with Crippen LogP contribution in [0, 0.1) is 12.7 Å². The fourth-order valence-corrected chi connectivity index (χ4v) is 5.12. The van der Waals surface area contributed by atoms with E-state index in [1.54, 1.807) is 19.1 Å². The number of hydrogen-bond acceptors (Lipinski definition) is 3. The number of H-pyrrole nitrogens is 1. The van der Waals surface area contributed by atoms with Crippen molar-refractivity contribution in [1.82, 2.24) is 20.1 Å². The molecule has 2 N–H and O–H groups in total. The van der Waals surface area contributed by atoms with Crippen LogP contribution in [0.15, 0.2) is 18.2 Å². The minimum atomic E-state index is -0.317. The Bertz CT molecular complexity index is 917. The zero-order valence-corrected chi connectivity index (χ0v) is 18.0. The van der Waals surface area contributed by atoms with Gasteiger partial charge in [-0.3, -0.25) is 14.5 Å². The minimum absolute atomic E-state index is 0.106. The number of carbonyl (C=O) groups is 2. The molecule has 6 nitrogen and oxygen atoms in total. The third-order valence-electron chi connectivity index (χ3n) is 6.76. The summed E-state index contributed by atoms with van der Waals surface area (Å²) in [7, 11) is 0. The van der Waals surface area contributed by atoms with Crippen molar-refractivity contribution in [2.24, 2.45) is 0 Å². The number of benzene rings is 1. The molecule has 0 bridgehead atoms. The number of hydrogen-bond donors (Lipinski definition) is 2. The van der Waals surface area contributed by atoms with E-state index in [0.29, 0.717) is 22.6 Å². The zero-order chi connectivity index (χ0) is 21.4. The van der Waals surface area contributed by atoms with E-state index in [9.17, 15) is 14.0 Å².